The number of benzene rings is 1. The van der Waals surface area contributed by atoms with Crippen molar-refractivity contribution >= 4 is 21.8 Å². The molecule has 24 heavy (non-hydrogen) atoms. The monoisotopic (exact) mass is 390 g/mol. The van der Waals surface area contributed by atoms with Crippen LogP contribution in [0.2, 0.25) is 0 Å². The lowest BCUT2D eigenvalue weighted by atomic mass is 9.95. The maximum Gasteiger partial charge on any atom is 0.234 e. The Morgan fingerprint density at radius 2 is 2.12 bits per heavy atom. The number of imidazole rings is 1. The fourth-order valence-electron chi connectivity index (χ4n) is 3.08. The van der Waals surface area contributed by atoms with Crippen LogP contribution in [0.4, 0.5) is 0 Å². The highest BCUT2D eigenvalue weighted by Crippen LogP contribution is 2.21. The van der Waals surface area contributed by atoms with Crippen LogP contribution in [0.1, 0.15) is 37.9 Å². The van der Waals surface area contributed by atoms with E-state index in [0.29, 0.717) is 19.1 Å². The van der Waals surface area contributed by atoms with E-state index in [1.807, 2.05) is 30.5 Å². The molecule has 0 aliphatic heterocycles. The van der Waals surface area contributed by atoms with Crippen molar-refractivity contribution in [3.8, 4) is 11.3 Å². The highest BCUT2D eigenvalue weighted by Gasteiger charge is 2.15. The van der Waals surface area contributed by atoms with E-state index in [0.717, 1.165) is 34.4 Å². The summed E-state index contributed by atoms with van der Waals surface area (Å²) >= 11 is 3.47. The predicted octanol–water partition coefficient (Wildman–Crippen LogP) is 3.38. The zero-order chi connectivity index (χ0) is 16.8. The fourth-order valence-corrected chi connectivity index (χ4v) is 3.47. The van der Waals surface area contributed by atoms with Gasteiger partial charge in [0, 0.05) is 16.1 Å². The molecule has 1 aliphatic carbocycles. The molecule has 1 heterocycles. The Balaban J connectivity index is 1.44. The predicted molar refractivity (Wildman–Crippen MR) is 98.4 cm³/mol. The molecule has 0 saturated heterocycles. The van der Waals surface area contributed by atoms with E-state index in [4.69, 9.17) is 0 Å². The summed E-state index contributed by atoms with van der Waals surface area (Å²) in [5.41, 5.74) is 2.05. The molecule has 0 radical (unpaired) electrons. The van der Waals surface area contributed by atoms with Crippen LogP contribution < -0.4 is 10.6 Å². The third-order valence-corrected chi connectivity index (χ3v) is 4.81. The van der Waals surface area contributed by atoms with Gasteiger partial charge in [-0.1, -0.05) is 47.3 Å². The van der Waals surface area contributed by atoms with Crippen molar-refractivity contribution in [3.05, 3.63) is 40.8 Å². The van der Waals surface area contributed by atoms with Crippen LogP contribution in [0.25, 0.3) is 11.3 Å². The zero-order valence-corrected chi connectivity index (χ0v) is 15.2. The summed E-state index contributed by atoms with van der Waals surface area (Å²) in [6.07, 6.45) is 7.79. The first-order valence-corrected chi connectivity index (χ1v) is 9.30. The van der Waals surface area contributed by atoms with Gasteiger partial charge >= 0.3 is 0 Å². The summed E-state index contributed by atoms with van der Waals surface area (Å²) in [5.74, 6) is 0.899. The number of H-pyrrole nitrogens is 1. The summed E-state index contributed by atoms with van der Waals surface area (Å²) in [6, 6.07) is 8.43. The van der Waals surface area contributed by atoms with E-state index in [1.54, 1.807) is 0 Å². The molecule has 1 aromatic carbocycles. The number of nitrogens with zero attached hydrogens (tertiary/aromatic N) is 1. The van der Waals surface area contributed by atoms with Gasteiger partial charge in [-0.3, -0.25) is 4.79 Å². The lowest BCUT2D eigenvalue weighted by Crippen LogP contribution is -2.41. The van der Waals surface area contributed by atoms with Crippen molar-refractivity contribution in [2.24, 2.45) is 0 Å². The Morgan fingerprint density at radius 3 is 2.92 bits per heavy atom. The molecule has 3 rings (SSSR count). The second kappa shape index (κ2) is 8.44. The summed E-state index contributed by atoms with van der Waals surface area (Å²) in [6.45, 7) is 0.871. The summed E-state index contributed by atoms with van der Waals surface area (Å²) in [4.78, 5) is 19.6. The van der Waals surface area contributed by atoms with Gasteiger partial charge in [-0.05, 0) is 25.0 Å². The Labute approximate surface area is 150 Å². The number of nitrogens with one attached hydrogen (secondary N) is 3. The van der Waals surface area contributed by atoms with Gasteiger partial charge in [0.15, 0.2) is 0 Å². The SMILES string of the molecule is O=C(CNCc1ncc(-c2cccc(Br)c2)[nH]1)NC1CCCCC1. The minimum absolute atomic E-state index is 0.0701. The van der Waals surface area contributed by atoms with Crippen molar-refractivity contribution in [2.45, 2.75) is 44.7 Å². The second-order valence-corrected chi connectivity index (χ2v) is 7.18. The average Bonchev–Trinajstić information content (AvgIpc) is 3.05. The first kappa shape index (κ1) is 17.2. The quantitative estimate of drug-likeness (QED) is 0.707. The van der Waals surface area contributed by atoms with Gasteiger partial charge < -0.3 is 15.6 Å². The molecule has 1 fully saturated rings. The van der Waals surface area contributed by atoms with Gasteiger partial charge in [-0.25, -0.2) is 4.98 Å². The van der Waals surface area contributed by atoms with E-state index < -0.39 is 0 Å². The Hall–Kier alpha value is -1.66. The summed E-state index contributed by atoms with van der Waals surface area (Å²) < 4.78 is 1.04. The zero-order valence-electron chi connectivity index (χ0n) is 13.6. The van der Waals surface area contributed by atoms with E-state index in [1.165, 1.54) is 19.3 Å². The number of rotatable bonds is 6. The molecule has 0 bridgehead atoms. The van der Waals surface area contributed by atoms with Crippen molar-refractivity contribution in [3.63, 3.8) is 0 Å². The van der Waals surface area contributed by atoms with E-state index in [2.05, 4.69) is 36.5 Å². The number of aromatic amines is 1. The second-order valence-electron chi connectivity index (χ2n) is 6.26. The molecular weight excluding hydrogens is 368 g/mol. The normalized spacial score (nSPS) is 15.4. The standard InChI is InChI=1S/C18H23BrN4O/c19-14-6-4-5-13(9-14)16-10-21-17(23-16)11-20-12-18(24)22-15-7-2-1-3-8-15/h4-6,9-10,15,20H,1-3,7-8,11-12H2,(H,21,23)(H,22,24). The maximum absolute atomic E-state index is 12.0. The van der Waals surface area contributed by atoms with E-state index in [-0.39, 0.29) is 5.91 Å². The number of hydrogen-bond acceptors (Lipinski definition) is 3. The van der Waals surface area contributed by atoms with Gasteiger partial charge in [-0.15, -0.1) is 0 Å². The lowest BCUT2D eigenvalue weighted by Gasteiger charge is -2.22. The third kappa shape index (κ3) is 4.92. The number of aromatic nitrogens is 2. The highest BCUT2D eigenvalue weighted by molar-refractivity contribution is 9.10. The van der Waals surface area contributed by atoms with Crippen molar-refractivity contribution < 1.29 is 4.79 Å². The fraction of sp³-hybridized carbons (Fsp3) is 0.444. The first-order chi connectivity index (χ1) is 11.7. The molecule has 6 heteroatoms. The number of carbonyl (C=O) groups excluding carboxylic acids is 1. The Bertz CT molecular complexity index is 679. The number of amides is 1. The van der Waals surface area contributed by atoms with Crippen LogP contribution >= 0.6 is 15.9 Å². The van der Waals surface area contributed by atoms with Gasteiger partial charge in [0.2, 0.25) is 5.91 Å². The topological polar surface area (TPSA) is 69.8 Å². The molecule has 0 unspecified atom stereocenters. The summed E-state index contributed by atoms with van der Waals surface area (Å²) in [5, 5.41) is 6.26. The van der Waals surface area contributed by atoms with Crippen molar-refractivity contribution in [1.29, 1.82) is 0 Å². The first-order valence-electron chi connectivity index (χ1n) is 8.50. The van der Waals surface area contributed by atoms with Gasteiger partial charge in [-0.2, -0.15) is 0 Å². The minimum Gasteiger partial charge on any atom is -0.352 e. The molecule has 3 N–H and O–H groups in total. The molecule has 5 nitrogen and oxygen atoms in total. The van der Waals surface area contributed by atoms with Crippen molar-refractivity contribution in [2.75, 3.05) is 6.54 Å². The smallest absolute Gasteiger partial charge is 0.234 e. The number of carbonyl (C=O) groups is 1. The molecule has 1 saturated carbocycles. The highest BCUT2D eigenvalue weighted by atomic mass is 79.9. The molecule has 0 spiro atoms. The summed E-state index contributed by atoms with van der Waals surface area (Å²) in [7, 11) is 0. The van der Waals surface area contributed by atoms with Crippen LogP contribution in [0.15, 0.2) is 34.9 Å². The average molecular weight is 391 g/mol. The number of halogens is 1. The van der Waals surface area contributed by atoms with Crippen LogP contribution in [0, 0.1) is 0 Å². The minimum atomic E-state index is 0.0701. The van der Waals surface area contributed by atoms with Gasteiger partial charge in [0.05, 0.1) is 25.0 Å². The van der Waals surface area contributed by atoms with E-state index >= 15 is 0 Å². The van der Waals surface area contributed by atoms with E-state index in [9.17, 15) is 4.79 Å². The molecular formula is C18H23BrN4O. The Kier molecular flexibility index (Phi) is 6.04. The lowest BCUT2D eigenvalue weighted by molar-refractivity contribution is -0.121. The Morgan fingerprint density at radius 1 is 1.29 bits per heavy atom. The van der Waals surface area contributed by atoms with Gasteiger partial charge in [0.1, 0.15) is 5.82 Å². The van der Waals surface area contributed by atoms with Crippen LogP contribution in [-0.4, -0.2) is 28.5 Å². The third-order valence-electron chi connectivity index (χ3n) is 4.31. The van der Waals surface area contributed by atoms with Crippen LogP contribution in [0.5, 0.6) is 0 Å². The van der Waals surface area contributed by atoms with Crippen LogP contribution in [-0.2, 0) is 11.3 Å². The van der Waals surface area contributed by atoms with Gasteiger partial charge in [0.25, 0.3) is 0 Å². The number of hydrogen-bond donors (Lipinski definition) is 3. The molecule has 1 aliphatic rings. The van der Waals surface area contributed by atoms with Crippen LogP contribution in [0.3, 0.4) is 0 Å². The molecule has 1 amide bonds. The molecule has 2 aromatic rings. The molecule has 0 atom stereocenters. The van der Waals surface area contributed by atoms with Crippen molar-refractivity contribution in [1.82, 2.24) is 20.6 Å². The molecule has 1 aromatic heterocycles. The maximum atomic E-state index is 12.0. The molecule has 128 valence electrons. The largest absolute Gasteiger partial charge is 0.352 e.